The second kappa shape index (κ2) is 5.77. The molecule has 0 amide bonds. The SMILES string of the molecule is COC(=O)C1=COC(OC)[C@@H]2C(CN=[N+]=[N-])=CC[C@H]12. The van der Waals surface area contributed by atoms with Gasteiger partial charge in [0.15, 0.2) is 0 Å². The number of azide groups is 1. The maximum atomic E-state index is 11.7. The van der Waals surface area contributed by atoms with Gasteiger partial charge in [0.1, 0.15) is 0 Å². The Kier molecular flexibility index (Phi) is 4.09. The molecule has 3 atom stereocenters. The number of carbonyl (C=O) groups excluding carboxylic acids is 1. The number of fused-ring (bicyclic) bond motifs is 1. The van der Waals surface area contributed by atoms with Crippen LogP contribution in [0, 0.1) is 11.8 Å². The summed E-state index contributed by atoms with van der Waals surface area (Å²) in [6.45, 7) is 0.259. The first kappa shape index (κ1) is 13.5. The van der Waals surface area contributed by atoms with E-state index in [9.17, 15) is 4.79 Å². The molecule has 102 valence electrons. The van der Waals surface area contributed by atoms with Crippen molar-refractivity contribution in [2.45, 2.75) is 12.7 Å². The Hall–Kier alpha value is -1.98. The lowest BCUT2D eigenvalue weighted by Gasteiger charge is -2.33. The molecule has 0 fully saturated rings. The fraction of sp³-hybridized carbons (Fsp3) is 0.583. The number of nitrogens with zero attached hydrogens (tertiary/aromatic N) is 3. The minimum Gasteiger partial charge on any atom is -0.471 e. The van der Waals surface area contributed by atoms with Crippen molar-refractivity contribution in [2.75, 3.05) is 20.8 Å². The van der Waals surface area contributed by atoms with E-state index < -0.39 is 12.3 Å². The Morgan fingerprint density at radius 3 is 3.05 bits per heavy atom. The Balaban J connectivity index is 2.25. The smallest absolute Gasteiger partial charge is 0.337 e. The highest BCUT2D eigenvalue weighted by Crippen LogP contribution is 2.43. The molecular formula is C12H15N3O4. The predicted octanol–water partition coefficient (Wildman–Crippen LogP) is 1.92. The number of rotatable bonds is 4. The zero-order chi connectivity index (χ0) is 13.8. The van der Waals surface area contributed by atoms with Crippen molar-refractivity contribution in [3.8, 4) is 0 Å². The molecule has 7 heteroatoms. The van der Waals surface area contributed by atoms with Gasteiger partial charge in [-0.1, -0.05) is 16.8 Å². The second-order valence-corrected chi connectivity index (χ2v) is 4.34. The van der Waals surface area contributed by atoms with E-state index in [-0.39, 0.29) is 18.4 Å². The number of ether oxygens (including phenoxy) is 3. The topological polar surface area (TPSA) is 93.5 Å². The zero-order valence-corrected chi connectivity index (χ0v) is 10.8. The van der Waals surface area contributed by atoms with Crippen LogP contribution >= 0.6 is 0 Å². The third-order valence-electron chi connectivity index (χ3n) is 3.49. The molecular weight excluding hydrogens is 250 g/mol. The van der Waals surface area contributed by atoms with Crippen molar-refractivity contribution in [2.24, 2.45) is 17.0 Å². The van der Waals surface area contributed by atoms with Gasteiger partial charge in [-0.05, 0) is 12.0 Å². The summed E-state index contributed by atoms with van der Waals surface area (Å²) in [4.78, 5) is 14.5. The summed E-state index contributed by atoms with van der Waals surface area (Å²) in [6, 6.07) is 0. The first-order valence-corrected chi connectivity index (χ1v) is 5.89. The molecule has 0 aromatic rings. The fourth-order valence-corrected chi connectivity index (χ4v) is 2.62. The van der Waals surface area contributed by atoms with E-state index in [1.54, 1.807) is 7.11 Å². The maximum Gasteiger partial charge on any atom is 0.337 e. The lowest BCUT2D eigenvalue weighted by molar-refractivity contribution is -0.146. The Morgan fingerprint density at radius 1 is 1.63 bits per heavy atom. The first-order valence-electron chi connectivity index (χ1n) is 5.89. The molecule has 1 aliphatic carbocycles. The summed E-state index contributed by atoms with van der Waals surface area (Å²) >= 11 is 0. The molecule has 0 radical (unpaired) electrons. The van der Waals surface area contributed by atoms with Crippen LogP contribution in [0.2, 0.25) is 0 Å². The predicted molar refractivity (Wildman–Crippen MR) is 65.7 cm³/mol. The summed E-state index contributed by atoms with van der Waals surface area (Å²) in [5, 5.41) is 3.57. The van der Waals surface area contributed by atoms with Gasteiger partial charge in [-0.15, -0.1) is 0 Å². The lowest BCUT2D eigenvalue weighted by atomic mass is 9.83. The molecule has 2 rings (SSSR count). The third-order valence-corrected chi connectivity index (χ3v) is 3.49. The van der Waals surface area contributed by atoms with Crippen LogP contribution < -0.4 is 0 Å². The van der Waals surface area contributed by atoms with Gasteiger partial charge in [0.05, 0.1) is 24.9 Å². The zero-order valence-electron chi connectivity index (χ0n) is 10.8. The Bertz CT molecular complexity index is 479. The first-order chi connectivity index (χ1) is 9.22. The van der Waals surface area contributed by atoms with E-state index in [0.29, 0.717) is 12.0 Å². The molecule has 19 heavy (non-hydrogen) atoms. The summed E-state index contributed by atoms with van der Waals surface area (Å²) in [5.41, 5.74) is 9.84. The van der Waals surface area contributed by atoms with E-state index in [4.69, 9.17) is 19.7 Å². The summed E-state index contributed by atoms with van der Waals surface area (Å²) in [5.74, 6) is -0.562. The average molecular weight is 265 g/mol. The van der Waals surface area contributed by atoms with Gasteiger partial charge in [0, 0.05) is 24.5 Å². The van der Waals surface area contributed by atoms with Crippen molar-refractivity contribution in [1.29, 1.82) is 0 Å². The molecule has 0 aromatic heterocycles. The van der Waals surface area contributed by atoms with Gasteiger partial charge >= 0.3 is 5.97 Å². The minimum atomic E-state index is -0.471. The standard InChI is InChI=1S/C12H15N3O4/c1-17-11(16)9-6-19-12(18-2)10-7(5-14-15-13)3-4-8(9)10/h3,6,8,10,12H,4-5H2,1-2H3/t8-,10-,12?/m1/s1. The van der Waals surface area contributed by atoms with E-state index in [1.165, 1.54) is 13.4 Å². The summed E-state index contributed by atoms with van der Waals surface area (Å²) in [6.07, 6.45) is 3.60. The van der Waals surface area contributed by atoms with Crippen LogP contribution in [-0.4, -0.2) is 33.0 Å². The number of hydrogen-bond acceptors (Lipinski definition) is 5. The minimum absolute atomic E-state index is 0.0463. The van der Waals surface area contributed by atoms with Crippen LogP contribution in [0.4, 0.5) is 0 Å². The van der Waals surface area contributed by atoms with Crippen LogP contribution in [0.25, 0.3) is 10.4 Å². The number of allylic oxidation sites excluding steroid dienone is 1. The van der Waals surface area contributed by atoms with Crippen molar-refractivity contribution in [3.63, 3.8) is 0 Å². The molecule has 0 aromatic carbocycles. The monoisotopic (exact) mass is 265 g/mol. The maximum absolute atomic E-state index is 11.7. The quantitative estimate of drug-likeness (QED) is 0.255. The van der Waals surface area contributed by atoms with Gasteiger partial charge in [0.25, 0.3) is 0 Å². The van der Waals surface area contributed by atoms with Crippen LogP contribution in [0.1, 0.15) is 6.42 Å². The lowest BCUT2D eigenvalue weighted by Crippen LogP contribution is -2.36. The number of methoxy groups -OCH3 is 2. The molecule has 1 unspecified atom stereocenters. The summed E-state index contributed by atoms with van der Waals surface area (Å²) in [7, 11) is 2.88. The van der Waals surface area contributed by atoms with Crippen molar-refractivity contribution >= 4 is 5.97 Å². The second-order valence-electron chi connectivity index (χ2n) is 4.34. The number of carbonyl (C=O) groups is 1. The Morgan fingerprint density at radius 2 is 2.42 bits per heavy atom. The van der Waals surface area contributed by atoms with Gasteiger partial charge in [0.2, 0.25) is 6.29 Å². The van der Waals surface area contributed by atoms with Crippen LogP contribution in [0.3, 0.4) is 0 Å². The van der Waals surface area contributed by atoms with Gasteiger partial charge in [-0.25, -0.2) is 4.79 Å². The van der Waals surface area contributed by atoms with Gasteiger partial charge < -0.3 is 14.2 Å². The van der Waals surface area contributed by atoms with Crippen LogP contribution in [0.15, 0.2) is 28.6 Å². The fourth-order valence-electron chi connectivity index (χ4n) is 2.62. The number of hydrogen-bond donors (Lipinski definition) is 0. The molecule has 1 heterocycles. The van der Waals surface area contributed by atoms with Crippen LogP contribution in [-0.2, 0) is 19.0 Å². The largest absolute Gasteiger partial charge is 0.471 e. The average Bonchev–Trinajstić information content (AvgIpc) is 2.87. The molecule has 2 aliphatic rings. The summed E-state index contributed by atoms with van der Waals surface area (Å²) < 4.78 is 15.5. The van der Waals surface area contributed by atoms with Crippen molar-refractivity contribution in [3.05, 3.63) is 33.9 Å². The highest BCUT2D eigenvalue weighted by Gasteiger charge is 2.44. The van der Waals surface area contributed by atoms with Crippen molar-refractivity contribution < 1.29 is 19.0 Å². The molecule has 0 N–H and O–H groups in total. The highest BCUT2D eigenvalue weighted by atomic mass is 16.7. The molecule has 0 bridgehead atoms. The molecule has 7 nitrogen and oxygen atoms in total. The van der Waals surface area contributed by atoms with Crippen LogP contribution in [0.5, 0.6) is 0 Å². The highest BCUT2D eigenvalue weighted by molar-refractivity contribution is 5.89. The van der Waals surface area contributed by atoms with Crippen molar-refractivity contribution in [1.82, 2.24) is 0 Å². The van der Waals surface area contributed by atoms with Gasteiger partial charge in [-0.3, -0.25) is 0 Å². The van der Waals surface area contributed by atoms with E-state index in [2.05, 4.69) is 10.0 Å². The van der Waals surface area contributed by atoms with E-state index in [1.807, 2.05) is 6.08 Å². The third kappa shape index (κ3) is 2.43. The molecule has 0 saturated heterocycles. The molecule has 0 spiro atoms. The number of esters is 1. The Labute approximate surface area is 110 Å². The molecule has 1 aliphatic heterocycles. The normalized spacial score (nSPS) is 28.4. The van der Waals surface area contributed by atoms with E-state index >= 15 is 0 Å². The van der Waals surface area contributed by atoms with E-state index in [0.717, 1.165) is 5.57 Å². The molecule has 0 saturated carbocycles. The van der Waals surface area contributed by atoms with Gasteiger partial charge in [-0.2, -0.15) is 0 Å².